The van der Waals surface area contributed by atoms with Crippen LogP contribution in [0, 0.1) is 0 Å². The van der Waals surface area contributed by atoms with Crippen LogP contribution in [0.4, 0.5) is 0 Å². The molecule has 5 heteroatoms. The van der Waals surface area contributed by atoms with Crippen molar-refractivity contribution in [1.29, 1.82) is 0 Å². The van der Waals surface area contributed by atoms with Crippen molar-refractivity contribution in [2.75, 3.05) is 7.05 Å². The predicted molar refractivity (Wildman–Crippen MR) is 47.2 cm³/mol. The third-order valence-electron chi connectivity index (χ3n) is 1.65. The molecular weight excluding hydrogens is 170 g/mol. The normalized spacial score (nSPS) is 9.62. The lowest BCUT2D eigenvalue weighted by atomic mass is 10.4. The van der Waals surface area contributed by atoms with Crippen LogP contribution < -0.4 is 10.9 Å². The third kappa shape index (κ3) is 2.70. The van der Waals surface area contributed by atoms with E-state index < -0.39 is 0 Å². The highest BCUT2D eigenvalue weighted by atomic mass is 16.1. The van der Waals surface area contributed by atoms with Gasteiger partial charge in [-0.2, -0.15) is 0 Å². The Morgan fingerprint density at radius 3 is 3.08 bits per heavy atom. The first-order chi connectivity index (χ1) is 6.24. The second-order valence-electron chi connectivity index (χ2n) is 2.54. The number of aryl methyl sites for hydroxylation is 1. The van der Waals surface area contributed by atoms with Crippen molar-refractivity contribution in [2.24, 2.45) is 0 Å². The molecule has 1 rings (SSSR count). The van der Waals surface area contributed by atoms with Gasteiger partial charge in [-0.1, -0.05) is 0 Å². The van der Waals surface area contributed by atoms with Gasteiger partial charge in [0.2, 0.25) is 5.91 Å². The van der Waals surface area contributed by atoms with Crippen LogP contribution in [0.2, 0.25) is 0 Å². The van der Waals surface area contributed by atoms with Crippen molar-refractivity contribution >= 4 is 5.91 Å². The molecule has 13 heavy (non-hydrogen) atoms. The van der Waals surface area contributed by atoms with Crippen LogP contribution in [0.5, 0.6) is 0 Å². The molecule has 0 radical (unpaired) electrons. The minimum atomic E-state index is -0.140. The van der Waals surface area contributed by atoms with Crippen LogP contribution >= 0.6 is 0 Å². The molecule has 1 aromatic heterocycles. The van der Waals surface area contributed by atoms with Crippen molar-refractivity contribution < 1.29 is 4.79 Å². The van der Waals surface area contributed by atoms with Crippen molar-refractivity contribution in [3.63, 3.8) is 0 Å². The molecule has 0 aliphatic carbocycles. The Kier molecular flexibility index (Phi) is 3.19. The Labute approximate surface area is 75.4 Å². The second-order valence-corrected chi connectivity index (χ2v) is 2.54. The predicted octanol–water partition coefficient (Wildman–Crippen LogP) is -0.621. The summed E-state index contributed by atoms with van der Waals surface area (Å²) in [6.07, 6.45) is 3.14. The minimum absolute atomic E-state index is 0.0873. The zero-order valence-electron chi connectivity index (χ0n) is 7.36. The number of carbonyl (C=O) groups excluding carboxylic acids is 1. The Hall–Kier alpha value is -1.65. The van der Waals surface area contributed by atoms with E-state index in [-0.39, 0.29) is 11.5 Å². The number of hydrogen-bond donors (Lipinski definition) is 1. The van der Waals surface area contributed by atoms with Gasteiger partial charge in [0.15, 0.2) is 0 Å². The molecule has 0 saturated carbocycles. The van der Waals surface area contributed by atoms with Gasteiger partial charge < -0.3 is 5.32 Å². The quantitative estimate of drug-likeness (QED) is 0.675. The van der Waals surface area contributed by atoms with Gasteiger partial charge in [-0.05, 0) is 0 Å². The number of nitrogens with zero attached hydrogens (tertiary/aromatic N) is 2. The summed E-state index contributed by atoms with van der Waals surface area (Å²) in [5.74, 6) is -0.0873. The van der Waals surface area contributed by atoms with Crippen molar-refractivity contribution in [2.45, 2.75) is 13.0 Å². The van der Waals surface area contributed by atoms with Crippen LogP contribution in [0.25, 0.3) is 0 Å². The molecule has 0 aromatic carbocycles. The lowest BCUT2D eigenvalue weighted by Gasteiger charge is -2.02. The summed E-state index contributed by atoms with van der Waals surface area (Å²) in [5, 5.41) is 2.48. The Bertz CT molecular complexity index is 345. The number of nitrogens with one attached hydrogen (secondary N) is 1. The fourth-order valence-electron chi connectivity index (χ4n) is 0.893. The Morgan fingerprint density at radius 2 is 2.46 bits per heavy atom. The molecule has 0 spiro atoms. The third-order valence-corrected chi connectivity index (χ3v) is 1.65. The van der Waals surface area contributed by atoms with Crippen LogP contribution in [0.1, 0.15) is 6.42 Å². The zero-order chi connectivity index (χ0) is 9.68. The van der Waals surface area contributed by atoms with Gasteiger partial charge >= 0.3 is 0 Å². The summed E-state index contributed by atoms with van der Waals surface area (Å²) < 4.78 is 1.40. The standard InChI is InChI=1S/C8H11N3O2/c1-9-7(12)3-5-11-6-10-4-2-8(11)13/h2,4,6H,3,5H2,1H3,(H,9,12). The van der Waals surface area contributed by atoms with E-state index in [4.69, 9.17) is 0 Å². The SMILES string of the molecule is CNC(=O)CCn1cnccc1=O. The Balaban J connectivity index is 2.60. The molecule has 0 aliphatic rings. The summed E-state index contributed by atoms with van der Waals surface area (Å²) in [4.78, 5) is 25.7. The molecule has 5 nitrogen and oxygen atoms in total. The highest BCUT2D eigenvalue weighted by molar-refractivity contribution is 5.75. The molecule has 1 aromatic rings. The molecule has 0 bridgehead atoms. The summed E-state index contributed by atoms with van der Waals surface area (Å²) >= 11 is 0. The van der Waals surface area contributed by atoms with E-state index in [1.807, 2.05) is 0 Å². The second kappa shape index (κ2) is 4.39. The van der Waals surface area contributed by atoms with E-state index in [1.54, 1.807) is 7.05 Å². The minimum Gasteiger partial charge on any atom is -0.359 e. The van der Waals surface area contributed by atoms with Gasteiger partial charge in [0.05, 0.1) is 6.33 Å². The fraction of sp³-hybridized carbons (Fsp3) is 0.375. The van der Waals surface area contributed by atoms with E-state index >= 15 is 0 Å². The van der Waals surface area contributed by atoms with Gasteiger partial charge in [0.1, 0.15) is 0 Å². The summed E-state index contributed by atoms with van der Waals surface area (Å²) in [6, 6.07) is 1.36. The van der Waals surface area contributed by atoms with Crippen LogP contribution in [0.15, 0.2) is 23.4 Å². The summed E-state index contributed by atoms with van der Waals surface area (Å²) in [7, 11) is 1.56. The molecule has 0 atom stereocenters. The average molecular weight is 181 g/mol. The lowest BCUT2D eigenvalue weighted by Crippen LogP contribution is -2.24. The first-order valence-electron chi connectivity index (χ1n) is 3.95. The van der Waals surface area contributed by atoms with Gasteiger partial charge in [-0.3, -0.25) is 14.2 Å². The molecule has 0 fully saturated rings. The van der Waals surface area contributed by atoms with Crippen molar-refractivity contribution in [1.82, 2.24) is 14.9 Å². The van der Waals surface area contributed by atoms with E-state index in [1.165, 1.54) is 23.2 Å². The van der Waals surface area contributed by atoms with Gasteiger partial charge in [0, 0.05) is 32.3 Å². The maximum Gasteiger partial charge on any atom is 0.253 e. The van der Waals surface area contributed by atoms with Crippen LogP contribution in [-0.2, 0) is 11.3 Å². The summed E-state index contributed by atoms with van der Waals surface area (Å²) in [5.41, 5.74) is -0.140. The number of rotatable bonds is 3. The van der Waals surface area contributed by atoms with Crippen LogP contribution in [0.3, 0.4) is 0 Å². The fourth-order valence-corrected chi connectivity index (χ4v) is 0.893. The van der Waals surface area contributed by atoms with E-state index in [0.717, 1.165) is 0 Å². The summed E-state index contributed by atoms with van der Waals surface area (Å²) in [6.45, 7) is 0.367. The highest BCUT2D eigenvalue weighted by Crippen LogP contribution is 1.84. The smallest absolute Gasteiger partial charge is 0.253 e. The monoisotopic (exact) mass is 181 g/mol. The lowest BCUT2D eigenvalue weighted by molar-refractivity contribution is -0.120. The molecule has 70 valence electrons. The molecule has 1 amide bonds. The molecular formula is C8H11N3O2. The molecule has 0 unspecified atom stereocenters. The number of amides is 1. The number of aromatic nitrogens is 2. The van der Waals surface area contributed by atoms with E-state index in [2.05, 4.69) is 10.3 Å². The molecule has 1 N–H and O–H groups in total. The largest absolute Gasteiger partial charge is 0.359 e. The first kappa shape index (κ1) is 9.44. The Morgan fingerprint density at radius 1 is 1.69 bits per heavy atom. The van der Waals surface area contributed by atoms with E-state index in [0.29, 0.717) is 13.0 Å². The van der Waals surface area contributed by atoms with Gasteiger partial charge in [-0.15, -0.1) is 0 Å². The molecule has 0 aliphatic heterocycles. The maximum absolute atomic E-state index is 11.1. The average Bonchev–Trinajstić information content (AvgIpc) is 2.16. The zero-order valence-corrected chi connectivity index (χ0v) is 7.36. The van der Waals surface area contributed by atoms with E-state index in [9.17, 15) is 9.59 Å². The first-order valence-corrected chi connectivity index (χ1v) is 3.95. The number of hydrogen-bond acceptors (Lipinski definition) is 3. The van der Waals surface area contributed by atoms with Crippen molar-refractivity contribution in [3.8, 4) is 0 Å². The van der Waals surface area contributed by atoms with Gasteiger partial charge in [0.25, 0.3) is 5.56 Å². The van der Waals surface area contributed by atoms with Crippen molar-refractivity contribution in [3.05, 3.63) is 28.9 Å². The number of carbonyl (C=O) groups is 1. The molecule has 0 saturated heterocycles. The topological polar surface area (TPSA) is 64.0 Å². The highest BCUT2D eigenvalue weighted by Gasteiger charge is 1.99. The van der Waals surface area contributed by atoms with Gasteiger partial charge in [-0.25, -0.2) is 4.98 Å². The van der Waals surface area contributed by atoms with Crippen LogP contribution in [-0.4, -0.2) is 22.5 Å². The molecule has 1 heterocycles. The maximum atomic E-state index is 11.1.